The Kier molecular flexibility index (Phi) is 15.9. The number of hydrogen-bond donors (Lipinski definition) is 0. The molecule has 0 spiro atoms. The fourth-order valence-corrected chi connectivity index (χ4v) is 8.14. The van der Waals surface area contributed by atoms with Crippen LogP contribution >= 0.6 is 0 Å². The first kappa shape index (κ1) is 54.5. The predicted molar refractivity (Wildman–Crippen MR) is 229 cm³/mol. The maximum absolute atomic E-state index is 14.7. The quantitative estimate of drug-likeness (QED) is 0.101. The standard InChI is InChI=1S/C27H21F9O2.C25H19F7O3/c1-13-3-4-15(7-14(13)2)16-5-6-23(37-12-16)17-8-19(28)25(20(29)9-17)27(35,36)38-18-10-21(30)24(22(31)11-18)26(32,33)34;1-12-3-4-14(5-13(12)2)16-10-33-24(34-11-16)15-6-18(26)22(19(27)7-15)25(31,32)35-17-8-20(28)23(30)21(29)9-17/h3-4,7-11,16,23H,5-6,12H2,1-2H3;3-9,16,24H,10-11H2,1-2H3. The second-order valence-electron chi connectivity index (χ2n) is 17.4. The third kappa shape index (κ3) is 12.2. The van der Waals surface area contributed by atoms with Crippen LogP contribution in [-0.4, -0.2) is 19.8 Å². The highest BCUT2D eigenvalue weighted by molar-refractivity contribution is 5.37. The van der Waals surface area contributed by atoms with Crippen LogP contribution in [0, 0.1) is 80.0 Å². The van der Waals surface area contributed by atoms with E-state index in [0.29, 0.717) is 37.1 Å². The molecule has 2 atom stereocenters. The molecule has 5 nitrogen and oxygen atoms in total. The Hall–Kier alpha value is -6.32. The largest absolute Gasteiger partial charge is 0.432 e. The lowest BCUT2D eigenvalue weighted by Gasteiger charge is -2.30. The molecule has 6 aromatic rings. The van der Waals surface area contributed by atoms with E-state index < -0.39 is 111 Å². The summed E-state index contributed by atoms with van der Waals surface area (Å²) in [5.41, 5.74) is 0.240. The maximum atomic E-state index is 14.7. The summed E-state index contributed by atoms with van der Waals surface area (Å²) in [5, 5.41) is 0. The van der Waals surface area contributed by atoms with E-state index in [0.717, 1.165) is 33.4 Å². The molecule has 2 saturated heterocycles. The first-order valence-corrected chi connectivity index (χ1v) is 22.0. The van der Waals surface area contributed by atoms with Gasteiger partial charge in [0.25, 0.3) is 0 Å². The van der Waals surface area contributed by atoms with Crippen LogP contribution in [0.25, 0.3) is 0 Å². The van der Waals surface area contributed by atoms with E-state index in [-0.39, 0.29) is 67.0 Å². The smallest absolute Gasteiger partial charge is 0.429 e. The fourth-order valence-electron chi connectivity index (χ4n) is 8.14. The molecule has 2 unspecified atom stereocenters. The highest BCUT2D eigenvalue weighted by Crippen LogP contribution is 2.43. The Labute approximate surface area is 406 Å². The average molecular weight is 1050 g/mol. The summed E-state index contributed by atoms with van der Waals surface area (Å²) in [7, 11) is 0. The molecular weight excluding hydrogens is 1010 g/mol. The van der Waals surface area contributed by atoms with Crippen LogP contribution in [0.3, 0.4) is 0 Å². The van der Waals surface area contributed by atoms with Crippen molar-refractivity contribution >= 4 is 0 Å². The zero-order valence-electron chi connectivity index (χ0n) is 38.5. The van der Waals surface area contributed by atoms with E-state index in [9.17, 15) is 70.2 Å². The minimum Gasteiger partial charge on any atom is -0.429 e. The third-order valence-corrected chi connectivity index (χ3v) is 12.3. The number of aryl methyl sites for hydroxylation is 4. The Bertz CT molecular complexity index is 2910. The average Bonchev–Trinajstić information content (AvgIpc) is 3.28. The van der Waals surface area contributed by atoms with Gasteiger partial charge in [0.1, 0.15) is 63.1 Å². The van der Waals surface area contributed by atoms with Crippen molar-refractivity contribution in [3.63, 3.8) is 0 Å². The van der Waals surface area contributed by atoms with Gasteiger partial charge in [-0.05, 0) is 104 Å². The Balaban J connectivity index is 0.000000214. The number of rotatable bonds is 10. The van der Waals surface area contributed by atoms with Crippen molar-refractivity contribution in [2.75, 3.05) is 19.8 Å². The van der Waals surface area contributed by atoms with Crippen molar-refractivity contribution in [3.8, 4) is 11.5 Å². The minimum absolute atomic E-state index is 0.0373. The van der Waals surface area contributed by atoms with Gasteiger partial charge in [-0.15, -0.1) is 0 Å². The normalized spacial score (nSPS) is 18.5. The van der Waals surface area contributed by atoms with E-state index >= 15 is 0 Å². The highest BCUT2D eigenvalue weighted by Gasteiger charge is 2.45. The van der Waals surface area contributed by atoms with Crippen LogP contribution in [0.1, 0.15) is 98.3 Å². The van der Waals surface area contributed by atoms with Crippen LogP contribution in [0.4, 0.5) is 70.2 Å². The third-order valence-electron chi connectivity index (χ3n) is 12.3. The lowest BCUT2D eigenvalue weighted by atomic mass is 9.88. The van der Waals surface area contributed by atoms with Gasteiger partial charge in [0.2, 0.25) is 0 Å². The van der Waals surface area contributed by atoms with Gasteiger partial charge in [0.05, 0.1) is 25.9 Å². The SMILES string of the molecule is Cc1ccc(C2CCC(c3cc(F)c(C(F)(F)Oc4cc(F)c(C(F)(F)F)c(F)c4)c(F)c3)OC2)cc1C.Cc1ccc(C2COC(c3cc(F)c(C(F)(F)Oc4cc(F)c(F)c(F)c4)c(F)c3)OC2)cc1C. The van der Waals surface area contributed by atoms with E-state index in [1.807, 2.05) is 64.1 Å². The molecule has 0 aliphatic carbocycles. The summed E-state index contributed by atoms with van der Waals surface area (Å²) in [6, 6.07) is 14.3. The molecule has 8 rings (SSSR count). The molecule has 0 amide bonds. The van der Waals surface area contributed by atoms with E-state index in [1.165, 1.54) is 0 Å². The molecule has 6 aromatic carbocycles. The lowest BCUT2D eigenvalue weighted by molar-refractivity contribution is -0.194. The molecule has 0 saturated carbocycles. The zero-order chi connectivity index (χ0) is 53.5. The number of alkyl halides is 7. The molecule has 2 heterocycles. The van der Waals surface area contributed by atoms with Crippen LogP contribution < -0.4 is 9.47 Å². The summed E-state index contributed by atoms with van der Waals surface area (Å²) in [6.07, 6.45) is -15.9. The Morgan fingerprint density at radius 1 is 0.397 bits per heavy atom. The monoisotopic (exact) mass is 1050 g/mol. The van der Waals surface area contributed by atoms with Crippen molar-refractivity contribution in [1.29, 1.82) is 0 Å². The van der Waals surface area contributed by atoms with Gasteiger partial charge >= 0.3 is 18.4 Å². The van der Waals surface area contributed by atoms with Crippen molar-refractivity contribution in [1.82, 2.24) is 0 Å². The summed E-state index contributed by atoms with van der Waals surface area (Å²) >= 11 is 0. The molecule has 2 aliphatic rings. The number of halogens is 16. The van der Waals surface area contributed by atoms with E-state index in [1.54, 1.807) is 0 Å². The first-order chi connectivity index (χ1) is 34.1. The fraction of sp³-hybridized carbons (Fsp3) is 0.308. The molecule has 0 radical (unpaired) electrons. The highest BCUT2D eigenvalue weighted by atomic mass is 19.4. The van der Waals surface area contributed by atoms with Crippen LogP contribution in [0.15, 0.2) is 84.9 Å². The molecule has 0 aromatic heterocycles. The second-order valence-corrected chi connectivity index (χ2v) is 17.4. The Morgan fingerprint density at radius 3 is 1.18 bits per heavy atom. The van der Waals surface area contributed by atoms with Crippen molar-refractivity contribution < 1.29 is 93.9 Å². The number of ether oxygens (including phenoxy) is 5. The summed E-state index contributed by atoms with van der Waals surface area (Å²) in [5.74, 6) is -19.5. The molecular formula is C52H40F16O5. The van der Waals surface area contributed by atoms with Gasteiger partial charge in [-0.3, -0.25) is 0 Å². The molecule has 73 heavy (non-hydrogen) atoms. The maximum Gasteiger partial charge on any atom is 0.432 e. The summed E-state index contributed by atoms with van der Waals surface area (Å²) in [6.45, 7) is 8.46. The van der Waals surface area contributed by atoms with Gasteiger partial charge in [-0.2, -0.15) is 30.7 Å². The van der Waals surface area contributed by atoms with Crippen molar-refractivity contribution in [2.24, 2.45) is 0 Å². The predicted octanol–water partition coefficient (Wildman–Crippen LogP) is 15.6. The number of benzene rings is 6. The van der Waals surface area contributed by atoms with Crippen molar-refractivity contribution in [2.45, 2.75) is 83.2 Å². The molecule has 21 heteroatoms. The van der Waals surface area contributed by atoms with Crippen LogP contribution in [0.2, 0.25) is 0 Å². The van der Waals surface area contributed by atoms with Crippen LogP contribution in [0.5, 0.6) is 11.5 Å². The second kappa shape index (κ2) is 21.3. The number of hydrogen-bond acceptors (Lipinski definition) is 5. The van der Waals surface area contributed by atoms with Gasteiger partial charge < -0.3 is 23.7 Å². The summed E-state index contributed by atoms with van der Waals surface area (Å²) < 4.78 is 247. The molecule has 2 aliphatic heterocycles. The minimum atomic E-state index is -5.44. The summed E-state index contributed by atoms with van der Waals surface area (Å²) in [4.78, 5) is 0. The molecule has 0 N–H and O–H groups in total. The topological polar surface area (TPSA) is 46.2 Å². The molecule has 390 valence electrons. The van der Waals surface area contributed by atoms with Gasteiger partial charge in [-0.25, -0.2) is 39.5 Å². The molecule has 0 bridgehead atoms. The van der Waals surface area contributed by atoms with Gasteiger partial charge in [0, 0.05) is 41.7 Å². The van der Waals surface area contributed by atoms with Gasteiger partial charge in [-0.1, -0.05) is 36.4 Å². The molecule has 2 fully saturated rings. The first-order valence-electron chi connectivity index (χ1n) is 22.0. The lowest BCUT2D eigenvalue weighted by Crippen LogP contribution is -2.28. The van der Waals surface area contributed by atoms with E-state index in [4.69, 9.17) is 14.2 Å². The van der Waals surface area contributed by atoms with E-state index in [2.05, 4.69) is 9.47 Å². The zero-order valence-corrected chi connectivity index (χ0v) is 38.5. The Morgan fingerprint density at radius 2 is 0.781 bits per heavy atom. The van der Waals surface area contributed by atoms with Gasteiger partial charge in [0.15, 0.2) is 23.7 Å². The van der Waals surface area contributed by atoms with Crippen molar-refractivity contribution in [3.05, 3.63) is 198 Å². The van der Waals surface area contributed by atoms with Crippen LogP contribution in [-0.2, 0) is 32.6 Å².